The van der Waals surface area contributed by atoms with Gasteiger partial charge in [-0.25, -0.2) is 0 Å². The quantitative estimate of drug-likeness (QED) is 0.753. The van der Waals surface area contributed by atoms with Crippen LogP contribution in [0.1, 0.15) is 5.56 Å². The van der Waals surface area contributed by atoms with Crippen LogP contribution in [-0.4, -0.2) is 29.4 Å². The molecular weight excluding hydrogens is 242 g/mol. The lowest BCUT2D eigenvalue weighted by Crippen LogP contribution is -2.36. The summed E-state index contributed by atoms with van der Waals surface area (Å²) in [5.74, 6) is -1.63. The van der Waals surface area contributed by atoms with E-state index in [0.29, 0.717) is 6.42 Å². The molecule has 0 fully saturated rings. The van der Waals surface area contributed by atoms with Gasteiger partial charge >= 0.3 is 5.97 Å². The highest BCUT2D eigenvalue weighted by molar-refractivity contribution is 6.19. The third-order valence-corrected chi connectivity index (χ3v) is 2.67. The maximum atomic E-state index is 11.6. The van der Waals surface area contributed by atoms with E-state index in [4.69, 9.17) is 16.7 Å². The van der Waals surface area contributed by atoms with Gasteiger partial charge in [0.2, 0.25) is 5.91 Å². The van der Waals surface area contributed by atoms with Crippen LogP contribution >= 0.6 is 11.6 Å². The molecule has 0 heterocycles. The second-order valence-electron chi connectivity index (χ2n) is 3.65. The molecule has 1 atom stereocenters. The summed E-state index contributed by atoms with van der Waals surface area (Å²) in [5, 5.41) is 10.8. The lowest BCUT2D eigenvalue weighted by molar-refractivity contribution is -0.138. The molecule has 17 heavy (non-hydrogen) atoms. The molecule has 0 aliphatic heterocycles. The van der Waals surface area contributed by atoms with Crippen molar-refractivity contribution in [1.82, 2.24) is 5.32 Å². The van der Waals surface area contributed by atoms with E-state index >= 15 is 0 Å². The molecule has 4 nitrogen and oxygen atoms in total. The summed E-state index contributed by atoms with van der Waals surface area (Å²) in [6.45, 7) is -0.374. The van der Waals surface area contributed by atoms with E-state index in [2.05, 4.69) is 5.32 Å². The summed E-state index contributed by atoms with van der Waals surface area (Å²) in [6.07, 6.45) is 0.510. The second kappa shape index (κ2) is 6.91. The van der Waals surface area contributed by atoms with Gasteiger partial charge in [-0.1, -0.05) is 30.3 Å². The summed E-state index contributed by atoms with van der Waals surface area (Å²) < 4.78 is 0. The number of amides is 1. The Hall–Kier alpha value is -1.55. The molecule has 2 N–H and O–H groups in total. The second-order valence-corrected chi connectivity index (χ2v) is 3.96. The fourth-order valence-corrected chi connectivity index (χ4v) is 1.67. The zero-order chi connectivity index (χ0) is 12.7. The smallest absolute Gasteiger partial charge is 0.322 e. The maximum Gasteiger partial charge on any atom is 0.322 e. The largest absolute Gasteiger partial charge is 0.480 e. The van der Waals surface area contributed by atoms with E-state index in [1.54, 1.807) is 0 Å². The van der Waals surface area contributed by atoms with E-state index in [1.165, 1.54) is 0 Å². The Kier molecular flexibility index (Phi) is 5.49. The van der Waals surface area contributed by atoms with Crippen LogP contribution in [-0.2, 0) is 16.0 Å². The first-order valence-electron chi connectivity index (χ1n) is 5.23. The summed E-state index contributed by atoms with van der Waals surface area (Å²) >= 11 is 5.72. The predicted octanol–water partition coefficient (Wildman–Crippen LogP) is 1.28. The number of carboxylic acids is 1. The Balaban J connectivity index is 2.53. The Morgan fingerprint density at radius 3 is 2.47 bits per heavy atom. The van der Waals surface area contributed by atoms with Gasteiger partial charge in [0, 0.05) is 5.88 Å². The highest BCUT2D eigenvalue weighted by atomic mass is 35.5. The molecule has 1 aromatic carbocycles. The molecule has 0 unspecified atom stereocenters. The van der Waals surface area contributed by atoms with Gasteiger partial charge in [-0.15, -0.1) is 11.6 Å². The first kappa shape index (κ1) is 13.5. The number of nitrogens with one attached hydrogen (secondary N) is 1. The van der Waals surface area contributed by atoms with Crippen molar-refractivity contribution in [2.45, 2.75) is 6.42 Å². The van der Waals surface area contributed by atoms with Gasteiger partial charge in [-0.05, 0) is 12.0 Å². The van der Waals surface area contributed by atoms with Crippen molar-refractivity contribution in [2.24, 2.45) is 5.92 Å². The predicted molar refractivity (Wildman–Crippen MR) is 65.0 cm³/mol. The molecule has 0 aliphatic carbocycles. The Morgan fingerprint density at radius 1 is 1.29 bits per heavy atom. The minimum atomic E-state index is -1.06. The molecule has 0 radical (unpaired) electrons. The average molecular weight is 256 g/mol. The number of benzene rings is 1. The maximum absolute atomic E-state index is 11.6. The minimum absolute atomic E-state index is 0.167. The molecule has 1 aromatic rings. The van der Waals surface area contributed by atoms with Crippen LogP contribution in [0.15, 0.2) is 30.3 Å². The molecule has 92 valence electrons. The van der Waals surface area contributed by atoms with Crippen LogP contribution in [0.2, 0.25) is 0 Å². The van der Waals surface area contributed by atoms with Crippen LogP contribution in [0.25, 0.3) is 0 Å². The molecule has 5 heteroatoms. The van der Waals surface area contributed by atoms with Crippen molar-refractivity contribution in [1.29, 1.82) is 0 Å². The molecule has 0 saturated carbocycles. The first-order chi connectivity index (χ1) is 8.13. The van der Waals surface area contributed by atoms with E-state index in [-0.39, 0.29) is 18.3 Å². The highest BCUT2D eigenvalue weighted by Gasteiger charge is 2.18. The van der Waals surface area contributed by atoms with Crippen LogP contribution < -0.4 is 5.32 Å². The summed E-state index contributed by atoms with van der Waals surface area (Å²) in [7, 11) is 0. The Morgan fingerprint density at radius 2 is 1.94 bits per heavy atom. The number of carbonyl (C=O) groups is 2. The van der Waals surface area contributed by atoms with E-state index in [0.717, 1.165) is 5.56 Å². The normalized spacial score (nSPS) is 11.8. The van der Waals surface area contributed by atoms with Gasteiger partial charge in [0.1, 0.15) is 6.54 Å². The Bertz CT molecular complexity index is 381. The van der Waals surface area contributed by atoms with Crippen LogP contribution in [0.5, 0.6) is 0 Å². The molecule has 0 aromatic heterocycles. The number of carboxylic acid groups (broad SMARTS) is 1. The third kappa shape index (κ3) is 4.87. The van der Waals surface area contributed by atoms with Gasteiger partial charge in [0.05, 0.1) is 5.92 Å². The summed E-state index contributed by atoms with van der Waals surface area (Å²) in [5.41, 5.74) is 1.00. The SMILES string of the molecule is O=C(O)CNC(=O)[C@H](CCl)Cc1ccccc1. The van der Waals surface area contributed by atoms with E-state index < -0.39 is 11.9 Å². The molecule has 0 spiro atoms. The van der Waals surface area contributed by atoms with Crippen molar-refractivity contribution in [2.75, 3.05) is 12.4 Å². The van der Waals surface area contributed by atoms with Crippen LogP contribution in [0.3, 0.4) is 0 Å². The number of carbonyl (C=O) groups excluding carboxylic acids is 1. The zero-order valence-corrected chi connectivity index (χ0v) is 9.98. The Labute approximate surface area is 105 Å². The minimum Gasteiger partial charge on any atom is -0.480 e. The van der Waals surface area contributed by atoms with Crippen LogP contribution in [0, 0.1) is 5.92 Å². The van der Waals surface area contributed by atoms with Crippen LogP contribution in [0.4, 0.5) is 0 Å². The molecule has 0 bridgehead atoms. The van der Waals surface area contributed by atoms with Gasteiger partial charge in [0.25, 0.3) is 0 Å². The zero-order valence-electron chi connectivity index (χ0n) is 9.23. The lowest BCUT2D eigenvalue weighted by Gasteiger charge is -2.13. The number of hydrogen-bond acceptors (Lipinski definition) is 2. The fraction of sp³-hybridized carbons (Fsp3) is 0.333. The first-order valence-corrected chi connectivity index (χ1v) is 5.76. The summed E-state index contributed by atoms with van der Waals surface area (Å²) in [4.78, 5) is 21.9. The van der Waals surface area contributed by atoms with Crippen molar-refractivity contribution in [3.8, 4) is 0 Å². The fourth-order valence-electron chi connectivity index (χ4n) is 1.42. The monoisotopic (exact) mass is 255 g/mol. The van der Waals surface area contributed by atoms with Crippen molar-refractivity contribution >= 4 is 23.5 Å². The molecule has 0 aliphatic rings. The molecule has 0 saturated heterocycles. The van der Waals surface area contributed by atoms with Gasteiger partial charge in [-0.3, -0.25) is 9.59 Å². The van der Waals surface area contributed by atoms with E-state index in [9.17, 15) is 9.59 Å². The molecule has 1 amide bonds. The van der Waals surface area contributed by atoms with Crippen molar-refractivity contribution in [3.63, 3.8) is 0 Å². The van der Waals surface area contributed by atoms with E-state index in [1.807, 2.05) is 30.3 Å². The van der Waals surface area contributed by atoms with Gasteiger partial charge in [-0.2, -0.15) is 0 Å². The standard InChI is InChI=1S/C12H14ClNO3/c13-7-10(12(17)14-8-11(15)16)6-9-4-2-1-3-5-9/h1-5,10H,6-8H2,(H,14,17)(H,15,16)/t10-/m0/s1. The van der Waals surface area contributed by atoms with Gasteiger partial charge < -0.3 is 10.4 Å². The van der Waals surface area contributed by atoms with Gasteiger partial charge in [0.15, 0.2) is 0 Å². The molecule has 1 rings (SSSR count). The van der Waals surface area contributed by atoms with Crippen molar-refractivity contribution < 1.29 is 14.7 Å². The average Bonchev–Trinajstić information content (AvgIpc) is 2.34. The van der Waals surface area contributed by atoms with Crippen molar-refractivity contribution in [3.05, 3.63) is 35.9 Å². The number of alkyl halides is 1. The number of rotatable bonds is 6. The number of halogens is 1. The molecular formula is C12H14ClNO3. The number of aliphatic carboxylic acids is 1. The lowest BCUT2D eigenvalue weighted by atomic mass is 10.0. The third-order valence-electron chi connectivity index (χ3n) is 2.30. The summed E-state index contributed by atoms with van der Waals surface area (Å²) in [6, 6.07) is 9.48. The highest BCUT2D eigenvalue weighted by Crippen LogP contribution is 2.10. The topological polar surface area (TPSA) is 66.4 Å². The number of hydrogen-bond donors (Lipinski definition) is 2.